The number of para-hydroxylation sites is 1. The fourth-order valence-corrected chi connectivity index (χ4v) is 5.15. The normalized spacial score (nSPS) is 26.2. The first kappa shape index (κ1) is 19.1. The molecule has 3 aromatic rings. The Balaban J connectivity index is 1.36. The predicted molar refractivity (Wildman–Crippen MR) is 115 cm³/mol. The number of Topliss-reactive ketones (excluding diaryl/α,β-unsaturated/α-hetero) is 1. The topological polar surface area (TPSA) is 62.4 Å². The lowest BCUT2D eigenvalue weighted by molar-refractivity contribution is -0.152. The number of carbonyl (C=O) groups is 2. The molecule has 30 heavy (non-hydrogen) atoms. The van der Waals surface area contributed by atoms with Gasteiger partial charge in [0, 0.05) is 29.7 Å². The average molecular weight is 402 g/mol. The van der Waals surface area contributed by atoms with Crippen LogP contribution >= 0.6 is 0 Å². The number of carbonyl (C=O) groups excluding carboxylic acids is 2. The smallest absolute Gasteiger partial charge is 0.225 e. The van der Waals surface area contributed by atoms with Gasteiger partial charge in [-0.3, -0.25) is 9.59 Å². The van der Waals surface area contributed by atoms with E-state index in [0.29, 0.717) is 25.1 Å². The SMILES string of the molecule is CC[C@H]1[C@H](CC(=O)c2cc3ccccc3[nH]2)CC(=O)N2[C@H](c3ccccc3)CO[C@@H]12. The molecule has 1 N–H and O–H groups in total. The van der Waals surface area contributed by atoms with Crippen LogP contribution in [0.1, 0.15) is 48.3 Å². The molecule has 1 amide bonds. The number of aromatic nitrogens is 1. The van der Waals surface area contributed by atoms with Gasteiger partial charge in [-0.2, -0.15) is 0 Å². The van der Waals surface area contributed by atoms with Crippen LogP contribution in [-0.2, 0) is 9.53 Å². The largest absolute Gasteiger partial charge is 0.355 e. The van der Waals surface area contributed by atoms with Gasteiger partial charge in [0.05, 0.1) is 18.3 Å². The molecule has 3 heterocycles. The molecule has 0 radical (unpaired) electrons. The van der Waals surface area contributed by atoms with Crippen LogP contribution in [0.5, 0.6) is 0 Å². The quantitative estimate of drug-likeness (QED) is 0.629. The van der Waals surface area contributed by atoms with Crippen LogP contribution in [0, 0.1) is 11.8 Å². The highest BCUT2D eigenvalue weighted by Gasteiger charge is 2.49. The number of amides is 1. The van der Waals surface area contributed by atoms with E-state index in [1.807, 2.05) is 53.4 Å². The van der Waals surface area contributed by atoms with Gasteiger partial charge in [0.15, 0.2) is 5.78 Å². The standard InChI is InChI=1S/C25H26N2O3/c1-2-19-18(13-23(28)21-12-17-10-6-7-11-20(17)26-21)14-24(29)27-22(15-30-25(19)27)16-8-4-3-5-9-16/h3-12,18-19,22,25-26H,2,13-15H2,1H3/t18-,19+,22+,25+/m1/s1. The maximum absolute atomic E-state index is 13.1. The number of nitrogens with one attached hydrogen (secondary N) is 1. The van der Waals surface area contributed by atoms with Crippen molar-refractivity contribution >= 4 is 22.6 Å². The molecular formula is C25H26N2O3. The molecule has 0 aliphatic carbocycles. The molecule has 154 valence electrons. The molecule has 5 heteroatoms. The minimum absolute atomic E-state index is 0.00261. The second-order valence-electron chi connectivity index (χ2n) is 8.39. The molecule has 2 aliphatic heterocycles. The number of piperidine rings is 1. The summed E-state index contributed by atoms with van der Waals surface area (Å²) in [5.41, 5.74) is 2.69. The number of fused-ring (bicyclic) bond motifs is 2. The Morgan fingerprint density at radius 2 is 1.90 bits per heavy atom. The Morgan fingerprint density at radius 1 is 1.13 bits per heavy atom. The van der Waals surface area contributed by atoms with Gasteiger partial charge in [-0.1, -0.05) is 55.5 Å². The zero-order valence-electron chi connectivity index (χ0n) is 17.1. The van der Waals surface area contributed by atoms with Crippen LogP contribution < -0.4 is 0 Å². The lowest BCUT2D eigenvalue weighted by Gasteiger charge is -2.42. The number of ether oxygens (including phenoxy) is 1. The van der Waals surface area contributed by atoms with Gasteiger partial charge in [-0.25, -0.2) is 0 Å². The van der Waals surface area contributed by atoms with Crippen molar-refractivity contribution in [2.24, 2.45) is 11.8 Å². The van der Waals surface area contributed by atoms with Crippen molar-refractivity contribution in [2.75, 3.05) is 6.61 Å². The zero-order chi connectivity index (χ0) is 20.7. The van der Waals surface area contributed by atoms with Gasteiger partial charge >= 0.3 is 0 Å². The van der Waals surface area contributed by atoms with Gasteiger partial charge in [-0.15, -0.1) is 0 Å². The Hall–Kier alpha value is -2.92. The summed E-state index contributed by atoms with van der Waals surface area (Å²) in [5, 5.41) is 1.03. The van der Waals surface area contributed by atoms with Crippen LogP contribution in [0.3, 0.4) is 0 Å². The first-order valence-electron chi connectivity index (χ1n) is 10.7. The minimum atomic E-state index is -0.248. The van der Waals surface area contributed by atoms with Gasteiger partial charge < -0.3 is 14.6 Å². The summed E-state index contributed by atoms with van der Waals surface area (Å²) in [6, 6.07) is 19.8. The number of H-pyrrole nitrogens is 1. The highest BCUT2D eigenvalue weighted by atomic mass is 16.5. The van der Waals surface area contributed by atoms with E-state index in [1.165, 1.54) is 0 Å². The van der Waals surface area contributed by atoms with E-state index in [2.05, 4.69) is 24.0 Å². The van der Waals surface area contributed by atoms with Gasteiger partial charge in [0.2, 0.25) is 5.91 Å². The summed E-state index contributed by atoms with van der Waals surface area (Å²) in [5.74, 6) is 0.306. The van der Waals surface area contributed by atoms with Crippen molar-refractivity contribution in [3.05, 3.63) is 71.9 Å². The number of rotatable bonds is 5. The lowest BCUT2D eigenvalue weighted by Crippen LogP contribution is -2.50. The van der Waals surface area contributed by atoms with E-state index in [0.717, 1.165) is 22.9 Å². The zero-order valence-corrected chi connectivity index (χ0v) is 17.1. The maximum atomic E-state index is 13.1. The summed E-state index contributed by atoms with van der Waals surface area (Å²) < 4.78 is 6.15. The minimum Gasteiger partial charge on any atom is -0.355 e. The van der Waals surface area contributed by atoms with Crippen molar-refractivity contribution in [1.82, 2.24) is 9.88 Å². The number of hydrogen-bond donors (Lipinski definition) is 1. The molecule has 0 unspecified atom stereocenters. The van der Waals surface area contributed by atoms with E-state index in [4.69, 9.17) is 4.74 Å². The van der Waals surface area contributed by atoms with E-state index >= 15 is 0 Å². The summed E-state index contributed by atoms with van der Waals surface area (Å²) in [4.78, 5) is 31.3. The van der Waals surface area contributed by atoms with Crippen molar-refractivity contribution < 1.29 is 14.3 Å². The Kier molecular flexibility index (Phi) is 4.91. The molecule has 2 saturated heterocycles. The molecule has 0 bridgehead atoms. The molecule has 2 fully saturated rings. The maximum Gasteiger partial charge on any atom is 0.225 e. The molecule has 4 atom stereocenters. The van der Waals surface area contributed by atoms with E-state index < -0.39 is 0 Å². The van der Waals surface area contributed by atoms with E-state index in [1.54, 1.807) is 0 Å². The van der Waals surface area contributed by atoms with Crippen LogP contribution in [0.15, 0.2) is 60.7 Å². The van der Waals surface area contributed by atoms with E-state index in [-0.39, 0.29) is 35.8 Å². The van der Waals surface area contributed by atoms with Crippen molar-refractivity contribution in [3.63, 3.8) is 0 Å². The van der Waals surface area contributed by atoms with Crippen molar-refractivity contribution in [3.8, 4) is 0 Å². The third-order valence-corrected chi connectivity index (χ3v) is 6.67. The van der Waals surface area contributed by atoms with Crippen molar-refractivity contribution in [2.45, 2.75) is 38.5 Å². The van der Waals surface area contributed by atoms with Crippen LogP contribution in [0.2, 0.25) is 0 Å². The summed E-state index contributed by atoms with van der Waals surface area (Å²) in [7, 11) is 0. The summed E-state index contributed by atoms with van der Waals surface area (Å²) >= 11 is 0. The van der Waals surface area contributed by atoms with Crippen molar-refractivity contribution in [1.29, 1.82) is 0 Å². The Labute approximate surface area is 176 Å². The highest BCUT2D eigenvalue weighted by molar-refractivity contribution is 5.99. The number of ketones is 1. The van der Waals surface area contributed by atoms with Crippen LogP contribution in [0.25, 0.3) is 10.9 Å². The predicted octanol–water partition coefficient (Wildman–Crippen LogP) is 4.71. The van der Waals surface area contributed by atoms with Crippen LogP contribution in [-0.4, -0.2) is 34.4 Å². The molecule has 1 aromatic heterocycles. The number of benzene rings is 2. The Bertz CT molecular complexity index is 1040. The fraction of sp³-hybridized carbons (Fsp3) is 0.360. The highest BCUT2D eigenvalue weighted by Crippen LogP contribution is 2.43. The molecule has 5 rings (SSSR count). The number of aromatic amines is 1. The van der Waals surface area contributed by atoms with Gasteiger partial charge in [0.25, 0.3) is 0 Å². The van der Waals surface area contributed by atoms with Gasteiger partial charge in [0.1, 0.15) is 6.23 Å². The second-order valence-corrected chi connectivity index (χ2v) is 8.39. The Morgan fingerprint density at radius 3 is 2.67 bits per heavy atom. The van der Waals surface area contributed by atoms with E-state index in [9.17, 15) is 9.59 Å². The third-order valence-electron chi connectivity index (χ3n) is 6.67. The summed E-state index contributed by atoms with van der Waals surface area (Å²) in [6.45, 7) is 2.64. The first-order valence-corrected chi connectivity index (χ1v) is 10.7. The second kappa shape index (κ2) is 7.73. The van der Waals surface area contributed by atoms with Crippen LogP contribution in [0.4, 0.5) is 0 Å². The molecule has 2 aliphatic rings. The fourth-order valence-electron chi connectivity index (χ4n) is 5.15. The molecule has 0 saturated carbocycles. The lowest BCUT2D eigenvalue weighted by atomic mass is 9.78. The number of hydrogen-bond acceptors (Lipinski definition) is 3. The first-order chi connectivity index (χ1) is 14.7. The average Bonchev–Trinajstić information content (AvgIpc) is 3.40. The monoisotopic (exact) mass is 402 g/mol. The molecule has 5 nitrogen and oxygen atoms in total. The molecule has 0 spiro atoms. The third kappa shape index (κ3) is 3.23. The molecular weight excluding hydrogens is 376 g/mol. The van der Waals surface area contributed by atoms with Gasteiger partial charge in [-0.05, 0) is 30.0 Å². The molecule has 2 aromatic carbocycles. The number of nitrogens with zero attached hydrogens (tertiary/aromatic N) is 1. The summed E-state index contributed by atoms with van der Waals surface area (Å²) in [6.07, 6.45) is 1.39.